The van der Waals surface area contributed by atoms with Crippen molar-refractivity contribution in [1.82, 2.24) is 19.9 Å². The van der Waals surface area contributed by atoms with E-state index in [1.165, 1.54) is 6.07 Å². The van der Waals surface area contributed by atoms with Crippen LogP contribution in [0.3, 0.4) is 0 Å². The molecular formula is C28H27F3N4O3. The molecule has 0 unspecified atom stereocenters. The molecule has 5 rings (SSSR count). The smallest absolute Gasteiger partial charge is 0.416 e. The van der Waals surface area contributed by atoms with Gasteiger partial charge in [0.2, 0.25) is 5.88 Å². The quantitative estimate of drug-likeness (QED) is 0.274. The van der Waals surface area contributed by atoms with Gasteiger partial charge in [-0.25, -0.2) is 9.97 Å². The van der Waals surface area contributed by atoms with E-state index in [2.05, 4.69) is 19.9 Å². The van der Waals surface area contributed by atoms with E-state index in [1.807, 2.05) is 31.2 Å². The van der Waals surface area contributed by atoms with Crippen molar-refractivity contribution in [3.8, 4) is 28.5 Å². The highest BCUT2D eigenvalue weighted by atomic mass is 19.4. The highest BCUT2D eigenvalue weighted by Crippen LogP contribution is 2.32. The van der Waals surface area contributed by atoms with E-state index in [0.29, 0.717) is 47.4 Å². The van der Waals surface area contributed by atoms with Crippen molar-refractivity contribution in [1.29, 1.82) is 0 Å². The Hall–Kier alpha value is -3.95. The van der Waals surface area contributed by atoms with E-state index in [4.69, 9.17) is 9.47 Å². The highest BCUT2D eigenvalue weighted by Gasteiger charge is 2.31. The van der Waals surface area contributed by atoms with E-state index < -0.39 is 11.7 Å². The van der Waals surface area contributed by atoms with Crippen molar-refractivity contribution in [2.75, 3.05) is 6.61 Å². The Bertz CT molecular complexity index is 1390. The zero-order valence-corrected chi connectivity index (χ0v) is 20.8. The van der Waals surface area contributed by atoms with Crippen molar-refractivity contribution in [3.63, 3.8) is 0 Å². The number of rotatable bonds is 7. The molecule has 0 spiro atoms. The third-order valence-electron chi connectivity index (χ3n) is 6.72. The van der Waals surface area contributed by atoms with Crippen LogP contribution in [0.5, 0.6) is 5.88 Å². The van der Waals surface area contributed by atoms with Crippen LogP contribution < -0.4 is 4.74 Å². The Morgan fingerprint density at radius 1 is 1.00 bits per heavy atom. The lowest BCUT2D eigenvalue weighted by Crippen LogP contribution is -2.26. The van der Waals surface area contributed by atoms with E-state index in [-0.39, 0.29) is 17.6 Å². The number of nitrogens with one attached hydrogen (secondary N) is 1. The minimum Gasteiger partial charge on any atom is -0.474 e. The lowest BCUT2D eigenvalue weighted by Gasteiger charge is -2.28. The van der Waals surface area contributed by atoms with Gasteiger partial charge >= 0.3 is 12.1 Å². The molecule has 7 nitrogen and oxygen atoms in total. The molecule has 10 heteroatoms. The van der Waals surface area contributed by atoms with E-state index in [1.54, 1.807) is 12.4 Å². The Balaban J connectivity index is 1.19. The molecule has 0 saturated heterocycles. The van der Waals surface area contributed by atoms with E-state index in [0.717, 1.165) is 43.4 Å². The molecule has 1 aliphatic carbocycles. The molecule has 0 bridgehead atoms. The molecule has 1 fully saturated rings. The standard InChI is InChI=1S/C28H27F3N4O3/c1-2-37-26(36)13-17-3-8-21(9-4-17)38-25-12-6-18(15-33-25)22-10-5-19(16-32-22)27-34-23-11-7-20(28(29,30)31)14-24(23)35-27/h5-7,10-12,14-17,21H,2-4,8-9,13H2,1H3,(H,34,35)/t17-,21+. The zero-order valence-electron chi connectivity index (χ0n) is 20.8. The minimum atomic E-state index is -4.42. The molecule has 1 saturated carbocycles. The maximum Gasteiger partial charge on any atom is 0.416 e. The first kappa shape index (κ1) is 25.7. The first-order valence-corrected chi connectivity index (χ1v) is 12.6. The van der Waals surface area contributed by atoms with Crippen LogP contribution >= 0.6 is 0 Å². The number of fused-ring (bicyclic) bond motifs is 1. The van der Waals surface area contributed by atoms with Crippen molar-refractivity contribution < 1.29 is 27.4 Å². The molecule has 3 aromatic heterocycles. The number of carbonyl (C=O) groups is 1. The number of imidazole rings is 1. The second-order valence-corrected chi connectivity index (χ2v) is 9.40. The summed E-state index contributed by atoms with van der Waals surface area (Å²) in [5.41, 5.74) is 2.18. The summed E-state index contributed by atoms with van der Waals surface area (Å²) in [7, 11) is 0. The molecule has 0 atom stereocenters. The van der Waals surface area contributed by atoms with Gasteiger partial charge in [0.1, 0.15) is 11.9 Å². The summed E-state index contributed by atoms with van der Waals surface area (Å²) < 4.78 is 50.1. The monoisotopic (exact) mass is 524 g/mol. The highest BCUT2D eigenvalue weighted by molar-refractivity contribution is 5.80. The number of aromatic amines is 1. The molecule has 4 aromatic rings. The molecule has 1 N–H and O–H groups in total. The zero-order chi connectivity index (χ0) is 26.7. The van der Waals surface area contributed by atoms with Gasteiger partial charge in [-0.1, -0.05) is 0 Å². The van der Waals surface area contributed by atoms with Crippen molar-refractivity contribution in [3.05, 3.63) is 60.4 Å². The first-order chi connectivity index (χ1) is 18.3. The van der Waals surface area contributed by atoms with Crippen LogP contribution in [0.25, 0.3) is 33.7 Å². The van der Waals surface area contributed by atoms with Crippen molar-refractivity contribution in [2.45, 2.75) is 51.3 Å². The van der Waals surface area contributed by atoms with Gasteiger partial charge in [-0.05, 0) is 74.9 Å². The van der Waals surface area contributed by atoms with Gasteiger partial charge in [0.05, 0.1) is 28.9 Å². The van der Waals surface area contributed by atoms with Crippen molar-refractivity contribution in [2.24, 2.45) is 5.92 Å². The molecule has 38 heavy (non-hydrogen) atoms. The van der Waals surface area contributed by atoms with Gasteiger partial charge < -0.3 is 14.5 Å². The average Bonchev–Trinajstić information content (AvgIpc) is 3.34. The fourth-order valence-electron chi connectivity index (χ4n) is 4.71. The fourth-order valence-corrected chi connectivity index (χ4v) is 4.71. The number of carbonyl (C=O) groups excluding carboxylic acids is 1. The average molecular weight is 525 g/mol. The molecule has 0 aliphatic heterocycles. The maximum absolute atomic E-state index is 13.0. The van der Waals surface area contributed by atoms with Crippen LogP contribution in [0.2, 0.25) is 0 Å². The number of pyridine rings is 2. The third kappa shape index (κ3) is 5.95. The van der Waals surface area contributed by atoms with Crippen LogP contribution in [-0.2, 0) is 15.7 Å². The summed E-state index contributed by atoms with van der Waals surface area (Å²) in [5, 5.41) is 0. The van der Waals surface area contributed by atoms with Crippen LogP contribution in [0, 0.1) is 5.92 Å². The van der Waals surface area contributed by atoms with Gasteiger partial charge in [-0.2, -0.15) is 13.2 Å². The lowest BCUT2D eigenvalue weighted by atomic mass is 9.85. The SMILES string of the molecule is CCOC(=O)C[C@H]1CC[C@@H](Oc2ccc(-c3ccc(-c4nc5cc(C(F)(F)F)ccc5[nH]4)cn3)cn2)CC1. The van der Waals surface area contributed by atoms with E-state index >= 15 is 0 Å². The first-order valence-electron chi connectivity index (χ1n) is 12.6. The molecule has 1 aromatic carbocycles. The molecule has 1 aliphatic rings. The van der Waals surface area contributed by atoms with Gasteiger partial charge in [0.15, 0.2) is 0 Å². The molecule has 198 valence electrons. The largest absolute Gasteiger partial charge is 0.474 e. The topological polar surface area (TPSA) is 90.0 Å². The minimum absolute atomic E-state index is 0.0697. The van der Waals surface area contributed by atoms with Crippen molar-refractivity contribution >= 4 is 17.0 Å². The second-order valence-electron chi connectivity index (χ2n) is 9.40. The van der Waals surface area contributed by atoms with Crippen LogP contribution in [-0.4, -0.2) is 38.6 Å². The van der Waals surface area contributed by atoms with Gasteiger partial charge in [0, 0.05) is 36.0 Å². The van der Waals surface area contributed by atoms with Crippen LogP contribution in [0.15, 0.2) is 54.9 Å². The Morgan fingerprint density at radius 3 is 2.42 bits per heavy atom. The fraction of sp³-hybridized carbons (Fsp3) is 0.357. The second kappa shape index (κ2) is 10.8. The number of nitrogens with zero attached hydrogens (tertiary/aromatic N) is 3. The predicted molar refractivity (Wildman–Crippen MR) is 135 cm³/mol. The number of halogens is 3. The Labute approximate surface area is 217 Å². The summed E-state index contributed by atoms with van der Waals surface area (Å²) in [4.78, 5) is 28.0. The van der Waals surface area contributed by atoms with Crippen LogP contribution in [0.4, 0.5) is 13.2 Å². The summed E-state index contributed by atoms with van der Waals surface area (Å²) in [6.07, 6.45) is 3.02. The lowest BCUT2D eigenvalue weighted by molar-refractivity contribution is -0.144. The van der Waals surface area contributed by atoms with Gasteiger partial charge in [0.25, 0.3) is 0 Å². The number of hydrogen-bond acceptors (Lipinski definition) is 6. The number of esters is 1. The number of alkyl halides is 3. The van der Waals surface area contributed by atoms with Gasteiger partial charge in [-0.15, -0.1) is 0 Å². The normalized spacial score (nSPS) is 17.9. The number of benzene rings is 1. The van der Waals surface area contributed by atoms with Gasteiger partial charge in [-0.3, -0.25) is 9.78 Å². The molecule has 0 amide bonds. The van der Waals surface area contributed by atoms with Crippen LogP contribution in [0.1, 0.15) is 44.6 Å². The number of H-pyrrole nitrogens is 1. The third-order valence-corrected chi connectivity index (χ3v) is 6.72. The summed E-state index contributed by atoms with van der Waals surface area (Å²) in [6, 6.07) is 10.8. The molecule has 0 radical (unpaired) electrons. The number of aromatic nitrogens is 4. The molecular weight excluding hydrogens is 497 g/mol. The molecule has 3 heterocycles. The maximum atomic E-state index is 13.0. The predicted octanol–water partition coefficient (Wildman–Crippen LogP) is 6.60. The summed E-state index contributed by atoms with van der Waals surface area (Å²) >= 11 is 0. The van der Waals surface area contributed by atoms with E-state index in [9.17, 15) is 18.0 Å². The summed E-state index contributed by atoms with van der Waals surface area (Å²) in [5.74, 6) is 1.19. The number of hydrogen-bond donors (Lipinski definition) is 1. The Morgan fingerprint density at radius 2 is 1.76 bits per heavy atom. The number of ether oxygens (including phenoxy) is 2. The summed E-state index contributed by atoms with van der Waals surface area (Å²) in [6.45, 7) is 2.23. The Kier molecular flexibility index (Phi) is 7.31.